The third-order valence-electron chi connectivity index (χ3n) is 3.93. The molecule has 21 heavy (non-hydrogen) atoms. The first-order valence-electron chi connectivity index (χ1n) is 7.00. The van der Waals surface area contributed by atoms with Crippen LogP contribution in [0.3, 0.4) is 0 Å². The maximum absolute atomic E-state index is 13.9. The molecule has 3 rings (SSSR count). The number of aliphatic hydroxyl groups is 1. The van der Waals surface area contributed by atoms with Crippen molar-refractivity contribution in [2.24, 2.45) is 0 Å². The Hall–Kier alpha value is -2.19. The first-order chi connectivity index (χ1) is 10.1. The summed E-state index contributed by atoms with van der Waals surface area (Å²) in [6.07, 6.45) is -0.754. The predicted octanol–water partition coefficient (Wildman–Crippen LogP) is 4.68. The molecule has 2 heteroatoms. The highest BCUT2D eigenvalue weighted by Gasteiger charge is 2.17. The van der Waals surface area contributed by atoms with E-state index in [4.69, 9.17) is 0 Å². The van der Waals surface area contributed by atoms with Crippen molar-refractivity contribution in [1.82, 2.24) is 0 Å². The molecule has 0 saturated carbocycles. The fourth-order valence-corrected chi connectivity index (χ4v) is 2.75. The van der Waals surface area contributed by atoms with Crippen molar-refractivity contribution >= 4 is 10.8 Å². The van der Waals surface area contributed by atoms with E-state index < -0.39 is 6.10 Å². The van der Waals surface area contributed by atoms with Crippen LogP contribution in [0.2, 0.25) is 0 Å². The van der Waals surface area contributed by atoms with Crippen LogP contribution in [0.25, 0.3) is 10.8 Å². The molecule has 0 heterocycles. The number of fused-ring (bicyclic) bond motifs is 1. The van der Waals surface area contributed by atoms with E-state index in [1.807, 2.05) is 44.2 Å². The molecule has 0 spiro atoms. The summed E-state index contributed by atoms with van der Waals surface area (Å²) in [6.45, 7) is 3.97. The molecule has 1 N–H and O–H groups in total. The molecule has 0 amide bonds. The lowest BCUT2D eigenvalue weighted by atomic mass is 9.92. The van der Waals surface area contributed by atoms with Crippen molar-refractivity contribution in [3.8, 4) is 0 Å². The zero-order chi connectivity index (χ0) is 15.0. The van der Waals surface area contributed by atoms with Crippen molar-refractivity contribution in [3.63, 3.8) is 0 Å². The molecular formula is C19H17FO. The predicted molar refractivity (Wildman–Crippen MR) is 83.9 cm³/mol. The van der Waals surface area contributed by atoms with E-state index in [2.05, 4.69) is 0 Å². The number of hydrogen-bond donors (Lipinski definition) is 1. The van der Waals surface area contributed by atoms with Gasteiger partial charge in [0.05, 0.1) is 0 Å². The fourth-order valence-electron chi connectivity index (χ4n) is 2.75. The number of rotatable bonds is 2. The summed E-state index contributed by atoms with van der Waals surface area (Å²) in [5.41, 5.74) is 3.73. The molecule has 0 aliphatic carbocycles. The lowest BCUT2D eigenvalue weighted by molar-refractivity contribution is 0.221. The second kappa shape index (κ2) is 5.30. The first kappa shape index (κ1) is 13.8. The third kappa shape index (κ3) is 2.43. The molecule has 0 aliphatic rings. The second-order valence-corrected chi connectivity index (χ2v) is 5.44. The zero-order valence-corrected chi connectivity index (χ0v) is 12.1. The number of hydrogen-bond acceptors (Lipinski definition) is 1. The van der Waals surface area contributed by atoms with E-state index in [1.54, 1.807) is 18.2 Å². The van der Waals surface area contributed by atoms with Crippen LogP contribution in [0.4, 0.5) is 4.39 Å². The third-order valence-corrected chi connectivity index (χ3v) is 3.93. The van der Waals surface area contributed by atoms with Crippen molar-refractivity contribution < 1.29 is 9.50 Å². The van der Waals surface area contributed by atoms with Crippen molar-refractivity contribution in [3.05, 3.63) is 82.7 Å². The van der Waals surface area contributed by atoms with Crippen molar-refractivity contribution in [2.45, 2.75) is 20.0 Å². The van der Waals surface area contributed by atoms with Crippen LogP contribution in [0.1, 0.15) is 28.4 Å². The molecule has 1 nitrogen and oxygen atoms in total. The van der Waals surface area contributed by atoms with Gasteiger partial charge in [0.1, 0.15) is 11.9 Å². The SMILES string of the molecule is Cc1ccc(C)c(C(O)c2ccc(F)c3ccccc23)c1. The Bertz CT molecular complexity index is 808. The average Bonchev–Trinajstić information content (AvgIpc) is 2.50. The van der Waals surface area contributed by atoms with Crippen LogP contribution >= 0.6 is 0 Å². The van der Waals surface area contributed by atoms with Gasteiger partial charge in [-0.2, -0.15) is 0 Å². The van der Waals surface area contributed by atoms with Crippen LogP contribution in [0, 0.1) is 19.7 Å². The summed E-state index contributed by atoms with van der Waals surface area (Å²) in [4.78, 5) is 0. The van der Waals surface area contributed by atoms with Gasteiger partial charge in [0.25, 0.3) is 0 Å². The first-order valence-corrected chi connectivity index (χ1v) is 7.00. The number of halogens is 1. The smallest absolute Gasteiger partial charge is 0.131 e. The van der Waals surface area contributed by atoms with Crippen molar-refractivity contribution in [2.75, 3.05) is 0 Å². The molecule has 3 aromatic rings. The number of aryl methyl sites for hydroxylation is 2. The van der Waals surface area contributed by atoms with E-state index in [0.717, 1.165) is 27.6 Å². The Morgan fingerprint density at radius 2 is 1.57 bits per heavy atom. The van der Waals surface area contributed by atoms with E-state index in [-0.39, 0.29) is 5.82 Å². The molecule has 0 aromatic heterocycles. The Morgan fingerprint density at radius 1 is 0.857 bits per heavy atom. The van der Waals surface area contributed by atoms with E-state index in [0.29, 0.717) is 5.39 Å². The minimum absolute atomic E-state index is 0.262. The summed E-state index contributed by atoms with van der Waals surface area (Å²) in [5, 5.41) is 12.1. The van der Waals surface area contributed by atoms with Crippen molar-refractivity contribution in [1.29, 1.82) is 0 Å². The Labute approximate surface area is 123 Å². The van der Waals surface area contributed by atoms with Crippen LogP contribution in [0.15, 0.2) is 54.6 Å². The summed E-state index contributed by atoms with van der Waals surface area (Å²) < 4.78 is 13.9. The molecule has 0 radical (unpaired) electrons. The monoisotopic (exact) mass is 280 g/mol. The molecule has 1 atom stereocenters. The van der Waals surface area contributed by atoms with Crippen LogP contribution in [0.5, 0.6) is 0 Å². The summed E-state index contributed by atoms with van der Waals surface area (Å²) in [6, 6.07) is 16.4. The lowest BCUT2D eigenvalue weighted by Crippen LogP contribution is -2.04. The van der Waals surface area contributed by atoms with Gasteiger partial charge < -0.3 is 5.11 Å². The largest absolute Gasteiger partial charge is 0.384 e. The van der Waals surface area contributed by atoms with Crippen LogP contribution in [-0.4, -0.2) is 5.11 Å². The van der Waals surface area contributed by atoms with E-state index >= 15 is 0 Å². The molecule has 106 valence electrons. The summed E-state index contributed by atoms with van der Waals surface area (Å²) in [5.74, 6) is -0.262. The van der Waals surface area contributed by atoms with Gasteiger partial charge in [0.15, 0.2) is 0 Å². The molecule has 0 saturated heterocycles. The van der Waals surface area contributed by atoms with Gasteiger partial charge >= 0.3 is 0 Å². The van der Waals surface area contributed by atoms with Gasteiger partial charge in [-0.1, -0.05) is 54.1 Å². The lowest BCUT2D eigenvalue weighted by Gasteiger charge is -2.17. The summed E-state index contributed by atoms with van der Waals surface area (Å²) >= 11 is 0. The highest BCUT2D eigenvalue weighted by Crippen LogP contribution is 2.32. The zero-order valence-electron chi connectivity index (χ0n) is 12.1. The standard InChI is InChI=1S/C19H17FO/c1-12-7-8-13(2)17(11-12)19(21)16-9-10-18(20)15-6-4-3-5-14(15)16/h3-11,19,21H,1-2H3. The van der Waals surface area contributed by atoms with Crippen LogP contribution < -0.4 is 0 Å². The van der Waals surface area contributed by atoms with Gasteiger partial charge in [0, 0.05) is 5.39 Å². The van der Waals surface area contributed by atoms with E-state index in [1.165, 1.54) is 6.07 Å². The number of aliphatic hydroxyl groups excluding tert-OH is 1. The van der Waals surface area contributed by atoms with Gasteiger partial charge in [0.2, 0.25) is 0 Å². The minimum atomic E-state index is -0.754. The number of benzene rings is 3. The van der Waals surface area contributed by atoms with Gasteiger partial charge in [-0.15, -0.1) is 0 Å². The quantitative estimate of drug-likeness (QED) is 0.722. The maximum Gasteiger partial charge on any atom is 0.131 e. The molecular weight excluding hydrogens is 263 g/mol. The molecule has 0 fully saturated rings. The summed E-state index contributed by atoms with van der Waals surface area (Å²) in [7, 11) is 0. The molecule has 0 bridgehead atoms. The topological polar surface area (TPSA) is 20.2 Å². The maximum atomic E-state index is 13.9. The Balaban J connectivity index is 2.20. The van der Waals surface area contributed by atoms with Gasteiger partial charge in [-0.25, -0.2) is 4.39 Å². The van der Waals surface area contributed by atoms with E-state index in [9.17, 15) is 9.50 Å². The fraction of sp³-hybridized carbons (Fsp3) is 0.158. The molecule has 0 aliphatic heterocycles. The Morgan fingerprint density at radius 3 is 2.33 bits per heavy atom. The molecule has 1 unspecified atom stereocenters. The molecule has 3 aromatic carbocycles. The van der Waals surface area contributed by atoms with Gasteiger partial charge in [-0.05, 0) is 42.0 Å². The normalized spacial score (nSPS) is 12.6. The second-order valence-electron chi connectivity index (χ2n) is 5.44. The minimum Gasteiger partial charge on any atom is -0.384 e. The van der Waals surface area contributed by atoms with Gasteiger partial charge in [-0.3, -0.25) is 0 Å². The van der Waals surface area contributed by atoms with Crippen LogP contribution in [-0.2, 0) is 0 Å². The average molecular weight is 280 g/mol. The Kier molecular flexibility index (Phi) is 3.48. The highest BCUT2D eigenvalue weighted by atomic mass is 19.1. The highest BCUT2D eigenvalue weighted by molar-refractivity contribution is 5.87.